The van der Waals surface area contributed by atoms with Gasteiger partial charge in [-0.25, -0.2) is 4.39 Å². The maximum atomic E-state index is 13.6. The molecule has 0 fully saturated rings. The number of hydrogen-bond donors (Lipinski definition) is 2. The number of unbranched alkanes of at least 4 members (excludes halogenated alkanes) is 1. The van der Waals surface area contributed by atoms with E-state index in [4.69, 9.17) is 0 Å². The van der Waals surface area contributed by atoms with Gasteiger partial charge in [0.05, 0.1) is 0 Å². The van der Waals surface area contributed by atoms with Crippen molar-refractivity contribution in [1.29, 1.82) is 0 Å². The molecule has 0 saturated heterocycles. The first-order valence-corrected chi connectivity index (χ1v) is 8.37. The van der Waals surface area contributed by atoms with Crippen LogP contribution < -0.4 is 10.6 Å². The molecule has 7 heteroatoms. The van der Waals surface area contributed by atoms with Gasteiger partial charge in [0.1, 0.15) is 18.5 Å². The lowest BCUT2D eigenvalue weighted by Gasteiger charge is -2.11. The third-order valence-corrected chi connectivity index (χ3v) is 3.55. The van der Waals surface area contributed by atoms with Gasteiger partial charge in [0, 0.05) is 26.2 Å². The lowest BCUT2D eigenvalue weighted by atomic mass is 10.1. The molecule has 6 nitrogen and oxygen atoms in total. The number of aliphatic imine (C=N–C) groups is 1. The molecule has 2 aromatic rings. The van der Waals surface area contributed by atoms with Gasteiger partial charge in [-0.1, -0.05) is 18.2 Å². The summed E-state index contributed by atoms with van der Waals surface area (Å²) in [7, 11) is 0. The van der Waals surface area contributed by atoms with Gasteiger partial charge in [0.25, 0.3) is 0 Å². The number of benzene rings is 1. The molecule has 0 bridgehead atoms. The summed E-state index contributed by atoms with van der Waals surface area (Å²) in [6.07, 6.45) is 6.08. The van der Waals surface area contributed by atoms with E-state index in [9.17, 15) is 4.39 Å². The molecule has 1 aromatic carbocycles. The summed E-state index contributed by atoms with van der Waals surface area (Å²) in [5, 5.41) is 14.0. The molecule has 2 rings (SSSR count). The van der Waals surface area contributed by atoms with E-state index < -0.39 is 0 Å². The lowest BCUT2D eigenvalue weighted by molar-refractivity contribution is 0.605. The first-order valence-electron chi connectivity index (χ1n) is 8.37. The minimum absolute atomic E-state index is 0.157. The molecule has 0 amide bonds. The molecule has 0 radical (unpaired) electrons. The van der Waals surface area contributed by atoms with E-state index in [1.54, 1.807) is 18.7 Å². The molecular weight excluding hydrogens is 307 g/mol. The van der Waals surface area contributed by atoms with Gasteiger partial charge in [-0.3, -0.25) is 4.99 Å². The van der Waals surface area contributed by atoms with Gasteiger partial charge in [-0.2, -0.15) is 0 Å². The van der Waals surface area contributed by atoms with E-state index in [0.29, 0.717) is 13.0 Å². The zero-order valence-corrected chi connectivity index (χ0v) is 14.1. The van der Waals surface area contributed by atoms with Crippen LogP contribution >= 0.6 is 0 Å². The number of nitrogens with one attached hydrogen (secondary N) is 2. The van der Waals surface area contributed by atoms with Crippen molar-refractivity contribution in [1.82, 2.24) is 25.4 Å². The van der Waals surface area contributed by atoms with E-state index in [1.165, 1.54) is 6.07 Å². The van der Waals surface area contributed by atoms with E-state index in [-0.39, 0.29) is 5.82 Å². The van der Waals surface area contributed by atoms with Crippen LogP contribution in [0.25, 0.3) is 0 Å². The van der Waals surface area contributed by atoms with Crippen LogP contribution in [-0.4, -0.2) is 40.4 Å². The molecule has 24 heavy (non-hydrogen) atoms. The second kappa shape index (κ2) is 10.4. The minimum atomic E-state index is -0.157. The Kier molecular flexibility index (Phi) is 7.73. The first kappa shape index (κ1) is 17.9. The third-order valence-electron chi connectivity index (χ3n) is 3.55. The van der Waals surface area contributed by atoms with Crippen molar-refractivity contribution in [3.05, 3.63) is 48.3 Å². The van der Waals surface area contributed by atoms with Crippen LogP contribution in [0.5, 0.6) is 0 Å². The standard InChI is InChI=1S/C17H25FN6/c1-2-19-17(20-10-5-6-12-24-13-22-23-14-24)21-11-9-15-7-3-4-8-16(15)18/h3-4,7-8,13-14H,2,5-6,9-12H2,1H3,(H2,19,20,21). The van der Waals surface area contributed by atoms with E-state index >= 15 is 0 Å². The van der Waals surface area contributed by atoms with Crippen LogP contribution in [0.3, 0.4) is 0 Å². The molecule has 130 valence electrons. The SMILES string of the molecule is CCNC(=NCCCCn1cnnc1)NCCc1ccccc1F. The van der Waals surface area contributed by atoms with Crippen molar-refractivity contribution in [2.75, 3.05) is 19.6 Å². The topological polar surface area (TPSA) is 67.1 Å². The van der Waals surface area contributed by atoms with Crippen molar-refractivity contribution >= 4 is 5.96 Å². The Bertz CT molecular complexity index is 611. The Morgan fingerprint density at radius 3 is 2.71 bits per heavy atom. The second-order valence-corrected chi connectivity index (χ2v) is 5.44. The minimum Gasteiger partial charge on any atom is -0.357 e. The van der Waals surface area contributed by atoms with Crippen LogP contribution in [-0.2, 0) is 13.0 Å². The van der Waals surface area contributed by atoms with E-state index in [2.05, 4.69) is 25.8 Å². The van der Waals surface area contributed by atoms with Gasteiger partial charge in [-0.05, 0) is 37.8 Å². The Balaban J connectivity index is 1.69. The summed E-state index contributed by atoms with van der Waals surface area (Å²) >= 11 is 0. The molecule has 1 aromatic heterocycles. The first-order chi connectivity index (χ1) is 11.8. The predicted octanol–water partition coefficient (Wildman–Crippen LogP) is 2.00. The number of hydrogen-bond acceptors (Lipinski definition) is 3. The number of rotatable bonds is 9. The summed E-state index contributed by atoms with van der Waals surface area (Å²) in [6, 6.07) is 6.86. The van der Waals surface area contributed by atoms with Gasteiger partial charge < -0.3 is 15.2 Å². The van der Waals surface area contributed by atoms with Crippen molar-refractivity contribution in [2.45, 2.75) is 32.7 Å². The normalized spacial score (nSPS) is 11.5. The van der Waals surface area contributed by atoms with Gasteiger partial charge >= 0.3 is 0 Å². The molecule has 0 atom stereocenters. The number of aromatic nitrogens is 3. The van der Waals surface area contributed by atoms with Gasteiger partial charge in [0.15, 0.2) is 5.96 Å². The molecule has 0 unspecified atom stereocenters. The largest absolute Gasteiger partial charge is 0.357 e. The number of nitrogens with zero attached hydrogens (tertiary/aromatic N) is 4. The summed E-state index contributed by atoms with van der Waals surface area (Å²) in [4.78, 5) is 4.55. The zero-order chi connectivity index (χ0) is 17.0. The van der Waals surface area contributed by atoms with Gasteiger partial charge in [-0.15, -0.1) is 10.2 Å². The Morgan fingerprint density at radius 2 is 1.96 bits per heavy atom. The second-order valence-electron chi connectivity index (χ2n) is 5.44. The molecule has 0 aliphatic heterocycles. The van der Waals surface area contributed by atoms with E-state index in [1.807, 2.05) is 23.6 Å². The fourth-order valence-electron chi connectivity index (χ4n) is 2.29. The van der Waals surface area contributed by atoms with Crippen LogP contribution in [0.2, 0.25) is 0 Å². The molecule has 2 N–H and O–H groups in total. The highest BCUT2D eigenvalue weighted by Crippen LogP contribution is 2.06. The summed E-state index contributed by atoms with van der Waals surface area (Å²) in [5.41, 5.74) is 0.717. The highest BCUT2D eigenvalue weighted by atomic mass is 19.1. The average Bonchev–Trinajstić information content (AvgIpc) is 3.09. The monoisotopic (exact) mass is 332 g/mol. The Morgan fingerprint density at radius 1 is 1.17 bits per heavy atom. The smallest absolute Gasteiger partial charge is 0.191 e. The summed E-state index contributed by atoms with van der Waals surface area (Å²) < 4.78 is 15.5. The van der Waals surface area contributed by atoms with Crippen molar-refractivity contribution < 1.29 is 4.39 Å². The molecule has 0 spiro atoms. The predicted molar refractivity (Wildman–Crippen MR) is 93.3 cm³/mol. The number of halogens is 1. The Hall–Kier alpha value is -2.44. The molecule has 0 aliphatic carbocycles. The summed E-state index contributed by atoms with van der Waals surface area (Å²) in [5.74, 6) is 0.619. The van der Waals surface area contributed by atoms with Crippen molar-refractivity contribution in [3.63, 3.8) is 0 Å². The Labute approximate surface area is 142 Å². The number of aryl methyl sites for hydroxylation is 1. The van der Waals surface area contributed by atoms with Gasteiger partial charge in [0.2, 0.25) is 0 Å². The maximum absolute atomic E-state index is 13.6. The van der Waals surface area contributed by atoms with Crippen molar-refractivity contribution in [2.24, 2.45) is 4.99 Å². The van der Waals surface area contributed by atoms with Crippen LogP contribution in [0, 0.1) is 5.82 Å². The zero-order valence-electron chi connectivity index (χ0n) is 14.1. The third kappa shape index (κ3) is 6.36. The molecule has 0 aliphatic rings. The maximum Gasteiger partial charge on any atom is 0.191 e. The highest BCUT2D eigenvalue weighted by molar-refractivity contribution is 5.79. The fraction of sp³-hybridized carbons (Fsp3) is 0.471. The van der Waals surface area contributed by atoms with Crippen LogP contribution in [0.1, 0.15) is 25.3 Å². The average molecular weight is 332 g/mol. The van der Waals surface area contributed by atoms with Crippen molar-refractivity contribution in [3.8, 4) is 0 Å². The van der Waals surface area contributed by atoms with Crippen LogP contribution in [0.15, 0.2) is 41.9 Å². The number of guanidine groups is 1. The van der Waals surface area contributed by atoms with E-state index in [0.717, 1.165) is 44.0 Å². The summed E-state index contributed by atoms with van der Waals surface area (Å²) in [6.45, 7) is 5.12. The van der Waals surface area contributed by atoms with Crippen LogP contribution in [0.4, 0.5) is 4.39 Å². The lowest BCUT2D eigenvalue weighted by Crippen LogP contribution is -2.38. The fourth-order valence-corrected chi connectivity index (χ4v) is 2.29. The molecular formula is C17H25FN6. The molecule has 0 saturated carbocycles. The quantitative estimate of drug-likeness (QED) is 0.419. The highest BCUT2D eigenvalue weighted by Gasteiger charge is 2.01. The molecule has 1 heterocycles.